The maximum absolute atomic E-state index is 12.6. The second-order valence-electron chi connectivity index (χ2n) is 9.46. The third kappa shape index (κ3) is 6.38. The van der Waals surface area contributed by atoms with E-state index in [-0.39, 0.29) is 27.2 Å². The van der Waals surface area contributed by atoms with Crippen LogP contribution in [-0.2, 0) is 20.7 Å². The van der Waals surface area contributed by atoms with Gasteiger partial charge in [-0.15, -0.1) is 0 Å². The summed E-state index contributed by atoms with van der Waals surface area (Å²) in [7, 11) is -3.62. The van der Waals surface area contributed by atoms with Crippen LogP contribution in [0.5, 0.6) is 5.75 Å². The molecular formula is C23H35NO3S. The Morgan fingerprint density at radius 3 is 1.93 bits per heavy atom. The number of benzene rings is 1. The van der Waals surface area contributed by atoms with Gasteiger partial charge in [-0.2, -0.15) is 5.26 Å². The van der Waals surface area contributed by atoms with Crippen LogP contribution in [0.4, 0.5) is 0 Å². The first kappa shape index (κ1) is 24.2. The smallest absolute Gasteiger partial charge is 0.188 e. The summed E-state index contributed by atoms with van der Waals surface area (Å²) in [6.45, 7) is 14.1. The van der Waals surface area contributed by atoms with Crippen molar-refractivity contribution in [3.63, 3.8) is 0 Å². The summed E-state index contributed by atoms with van der Waals surface area (Å²) in [5.41, 5.74) is 1.47. The molecule has 0 aliphatic heterocycles. The molecule has 0 aliphatic carbocycles. The summed E-state index contributed by atoms with van der Waals surface area (Å²) in [6.07, 6.45) is 4.86. The van der Waals surface area contributed by atoms with Gasteiger partial charge < -0.3 is 5.11 Å². The highest BCUT2D eigenvalue weighted by Crippen LogP contribution is 2.40. The number of sulfone groups is 1. The van der Waals surface area contributed by atoms with Gasteiger partial charge in [0.25, 0.3) is 0 Å². The van der Waals surface area contributed by atoms with E-state index in [0.717, 1.165) is 30.4 Å². The minimum atomic E-state index is -3.62. The standard InChI is InChI=1S/C23H35NO3S/c1-8-9-10-11-12-28(26,27)18(16-24)13-17-14-19(22(2,3)4)21(25)20(15-17)23(5,6)7/h13-15,25H,8-12H2,1-7H3/b18-13+. The predicted molar refractivity (Wildman–Crippen MR) is 117 cm³/mol. The largest absolute Gasteiger partial charge is 0.507 e. The SMILES string of the molecule is CCCCCCS(=O)(=O)/C(C#N)=C/c1cc(C(C)(C)C)c(O)c(C(C)(C)C)c1. The lowest BCUT2D eigenvalue weighted by Gasteiger charge is -2.28. The Kier molecular flexibility index (Phi) is 7.91. The van der Waals surface area contributed by atoms with Crippen molar-refractivity contribution in [3.05, 3.63) is 33.7 Å². The van der Waals surface area contributed by atoms with Crippen molar-refractivity contribution < 1.29 is 13.5 Å². The molecule has 0 unspecified atom stereocenters. The van der Waals surface area contributed by atoms with Gasteiger partial charge in [-0.1, -0.05) is 67.7 Å². The number of phenols is 1. The topological polar surface area (TPSA) is 78.2 Å². The summed E-state index contributed by atoms with van der Waals surface area (Å²) in [5.74, 6) is 0.223. The first-order chi connectivity index (χ1) is 12.7. The summed E-state index contributed by atoms with van der Waals surface area (Å²) in [5, 5.41) is 20.3. The highest BCUT2D eigenvalue weighted by molar-refractivity contribution is 7.95. The van der Waals surface area contributed by atoms with Gasteiger partial charge in [0.2, 0.25) is 0 Å². The molecular weight excluding hydrogens is 370 g/mol. The van der Waals surface area contributed by atoms with E-state index in [4.69, 9.17) is 0 Å². The Hall–Kier alpha value is -1.80. The molecule has 1 N–H and O–H groups in total. The molecule has 0 aliphatic rings. The Balaban J connectivity index is 3.47. The van der Waals surface area contributed by atoms with Gasteiger partial charge in [-0.3, -0.25) is 0 Å². The Morgan fingerprint density at radius 1 is 1.04 bits per heavy atom. The third-order valence-corrected chi connectivity index (χ3v) is 6.46. The molecule has 28 heavy (non-hydrogen) atoms. The summed E-state index contributed by atoms with van der Waals surface area (Å²) in [6, 6.07) is 5.45. The molecule has 0 fully saturated rings. The van der Waals surface area contributed by atoms with Crippen molar-refractivity contribution in [2.24, 2.45) is 0 Å². The van der Waals surface area contributed by atoms with Gasteiger partial charge >= 0.3 is 0 Å². The maximum Gasteiger partial charge on any atom is 0.188 e. The average Bonchev–Trinajstić information content (AvgIpc) is 2.55. The van der Waals surface area contributed by atoms with Crippen molar-refractivity contribution in [3.8, 4) is 11.8 Å². The first-order valence-corrected chi connectivity index (χ1v) is 11.6. The summed E-state index contributed by atoms with van der Waals surface area (Å²) >= 11 is 0. The van der Waals surface area contributed by atoms with Crippen LogP contribution in [-0.4, -0.2) is 19.3 Å². The van der Waals surface area contributed by atoms with Gasteiger partial charge in [0, 0.05) is 11.1 Å². The van der Waals surface area contributed by atoms with Crippen molar-refractivity contribution in [2.45, 2.75) is 85.0 Å². The fourth-order valence-electron chi connectivity index (χ4n) is 3.06. The molecule has 0 atom stereocenters. The molecule has 0 bridgehead atoms. The van der Waals surface area contributed by atoms with Gasteiger partial charge in [0.1, 0.15) is 16.7 Å². The molecule has 4 nitrogen and oxygen atoms in total. The van der Waals surface area contributed by atoms with Crippen molar-refractivity contribution in [2.75, 3.05) is 5.75 Å². The maximum atomic E-state index is 12.6. The lowest BCUT2D eigenvalue weighted by atomic mass is 9.78. The van der Waals surface area contributed by atoms with E-state index < -0.39 is 9.84 Å². The molecule has 0 spiro atoms. The number of phenolic OH excluding ortho intramolecular Hbond substituents is 1. The molecule has 0 aromatic heterocycles. The fourth-order valence-corrected chi connectivity index (χ4v) is 4.31. The molecule has 1 aromatic carbocycles. The minimum Gasteiger partial charge on any atom is -0.507 e. The van der Waals surface area contributed by atoms with E-state index in [2.05, 4.69) is 6.92 Å². The van der Waals surface area contributed by atoms with E-state index in [1.54, 1.807) is 12.1 Å². The average molecular weight is 406 g/mol. The monoisotopic (exact) mass is 405 g/mol. The van der Waals surface area contributed by atoms with Gasteiger partial charge in [0.15, 0.2) is 9.84 Å². The van der Waals surface area contributed by atoms with E-state index in [0.29, 0.717) is 12.0 Å². The number of nitrogens with zero attached hydrogens (tertiary/aromatic N) is 1. The predicted octanol–water partition coefficient (Wildman–Crippen LogP) is 5.85. The Bertz CT molecular complexity index is 826. The molecule has 1 rings (SSSR count). The molecule has 0 radical (unpaired) electrons. The number of allylic oxidation sites excluding steroid dienone is 1. The summed E-state index contributed by atoms with van der Waals surface area (Å²) < 4.78 is 25.2. The molecule has 5 heteroatoms. The van der Waals surface area contributed by atoms with Crippen molar-refractivity contribution in [1.29, 1.82) is 5.26 Å². The van der Waals surface area contributed by atoms with Gasteiger partial charge in [-0.25, -0.2) is 8.42 Å². The molecule has 0 heterocycles. The molecule has 1 aromatic rings. The highest BCUT2D eigenvalue weighted by Gasteiger charge is 2.27. The number of hydrogen-bond donors (Lipinski definition) is 1. The third-order valence-electron chi connectivity index (χ3n) is 4.76. The van der Waals surface area contributed by atoms with Gasteiger partial charge in [-0.05, 0) is 41.0 Å². The van der Waals surface area contributed by atoms with Crippen LogP contribution in [0.2, 0.25) is 0 Å². The minimum absolute atomic E-state index is 0.0112. The van der Waals surface area contributed by atoms with Crippen LogP contribution < -0.4 is 0 Å². The quantitative estimate of drug-likeness (QED) is 0.456. The van der Waals surface area contributed by atoms with Crippen LogP contribution in [0, 0.1) is 11.3 Å². The van der Waals surface area contributed by atoms with Crippen LogP contribution in [0.15, 0.2) is 17.0 Å². The highest BCUT2D eigenvalue weighted by atomic mass is 32.2. The number of rotatable bonds is 7. The Morgan fingerprint density at radius 2 is 1.54 bits per heavy atom. The normalized spacial score (nSPS) is 13.4. The number of nitriles is 1. The van der Waals surface area contributed by atoms with Gasteiger partial charge in [0.05, 0.1) is 5.75 Å². The lowest BCUT2D eigenvalue weighted by molar-refractivity contribution is 0.423. The van der Waals surface area contributed by atoms with Crippen LogP contribution in [0.25, 0.3) is 6.08 Å². The Labute approximate surface area is 171 Å². The van der Waals surface area contributed by atoms with E-state index in [9.17, 15) is 18.8 Å². The van der Waals surface area contributed by atoms with Crippen LogP contribution in [0.3, 0.4) is 0 Å². The zero-order valence-electron chi connectivity index (χ0n) is 18.4. The zero-order valence-corrected chi connectivity index (χ0v) is 19.2. The van der Waals surface area contributed by atoms with E-state index in [1.807, 2.05) is 47.6 Å². The fraction of sp³-hybridized carbons (Fsp3) is 0.609. The molecule has 0 saturated carbocycles. The number of unbranched alkanes of at least 4 members (excludes halogenated alkanes) is 3. The lowest BCUT2D eigenvalue weighted by Crippen LogP contribution is -2.17. The molecule has 0 amide bonds. The van der Waals surface area contributed by atoms with Crippen LogP contribution in [0.1, 0.15) is 90.8 Å². The van der Waals surface area contributed by atoms with E-state index in [1.165, 1.54) is 6.08 Å². The van der Waals surface area contributed by atoms with Crippen molar-refractivity contribution in [1.82, 2.24) is 0 Å². The molecule has 0 saturated heterocycles. The van der Waals surface area contributed by atoms with E-state index >= 15 is 0 Å². The summed E-state index contributed by atoms with van der Waals surface area (Å²) in [4.78, 5) is -0.214. The van der Waals surface area contributed by atoms with Crippen molar-refractivity contribution >= 4 is 15.9 Å². The first-order valence-electron chi connectivity index (χ1n) is 9.96. The number of aromatic hydroxyl groups is 1. The second-order valence-corrected chi connectivity index (χ2v) is 11.5. The number of hydrogen-bond acceptors (Lipinski definition) is 4. The van der Waals surface area contributed by atoms with Crippen LogP contribution >= 0.6 is 0 Å². The second kappa shape index (κ2) is 9.13. The molecule has 156 valence electrons. The zero-order chi connectivity index (χ0) is 21.8.